The van der Waals surface area contributed by atoms with Gasteiger partial charge < -0.3 is 33.3 Å². The second-order valence-electron chi connectivity index (χ2n) is 25.5. The standard InChI is InChI=1S/C74H137NO8/c1-6-8-10-12-14-16-18-20-22-24-26-28-30-32-33-34-35-36-37-38-39-41-43-45-47-49-51-53-55-57-59-61-63-65-72(77)83-70(69-82-74(73(78)79)80-67-66-75(3,4)5)68-81-71(76)64-62-60-58-56-54-52-50-48-46-44-42-40-31-29-27-25-23-21-19-17-15-13-11-9-7-2/h8,10,14,16,20,22,26,28,70,74H,6-7,9,11-13,15,17-19,21,23-25,27,29-69H2,1-5H3/b10-8-,16-14-,22-20-,28-26-. The summed E-state index contributed by atoms with van der Waals surface area (Å²) in [5.41, 5.74) is 0. The second-order valence-corrected chi connectivity index (χ2v) is 25.5. The number of hydrogen-bond acceptors (Lipinski definition) is 8. The minimum absolute atomic E-state index is 0.151. The third-order valence-electron chi connectivity index (χ3n) is 16.1. The van der Waals surface area contributed by atoms with Crippen molar-refractivity contribution in [1.29, 1.82) is 0 Å². The van der Waals surface area contributed by atoms with Crippen molar-refractivity contribution in [3.8, 4) is 0 Å². The molecule has 0 aliphatic heterocycles. The summed E-state index contributed by atoms with van der Waals surface area (Å²) in [6, 6.07) is 0. The molecule has 0 spiro atoms. The Morgan fingerprint density at radius 1 is 0.373 bits per heavy atom. The molecule has 0 fully saturated rings. The van der Waals surface area contributed by atoms with E-state index >= 15 is 0 Å². The first-order chi connectivity index (χ1) is 40.6. The van der Waals surface area contributed by atoms with Crippen molar-refractivity contribution in [2.75, 3.05) is 47.5 Å². The SMILES string of the molecule is CC/C=C\C/C=C\C/C=C\C/C=C\CCCCCCCCCCCCCCCCCCCCCCC(=O)OC(COC(=O)CCCCCCCCCCCCCCCCCCCCCCCCCCC)COC(OCC[N+](C)(C)C)C(=O)[O-]. The lowest BCUT2D eigenvalue weighted by Gasteiger charge is -2.26. The van der Waals surface area contributed by atoms with Crippen LogP contribution in [0.15, 0.2) is 48.6 Å². The van der Waals surface area contributed by atoms with Crippen LogP contribution in [0.25, 0.3) is 0 Å². The van der Waals surface area contributed by atoms with Gasteiger partial charge in [0.15, 0.2) is 12.4 Å². The predicted octanol–water partition coefficient (Wildman–Crippen LogP) is 20.8. The highest BCUT2D eigenvalue weighted by molar-refractivity contribution is 5.70. The quantitative estimate of drug-likeness (QED) is 0.0195. The van der Waals surface area contributed by atoms with E-state index < -0.39 is 24.3 Å². The fourth-order valence-corrected chi connectivity index (χ4v) is 10.7. The maximum Gasteiger partial charge on any atom is 0.306 e. The number of carboxylic acid groups (broad SMARTS) is 1. The Balaban J connectivity index is 4.04. The third-order valence-corrected chi connectivity index (χ3v) is 16.1. The first-order valence-electron chi connectivity index (χ1n) is 35.8. The second kappa shape index (κ2) is 65.2. The van der Waals surface area contributed by atoms with Gasteiger partial charge in [-0.25, -0.2) is 0 Å². The number of aliphatic carboxylic acids is 1. The molecule has 83 heavy (non-hydrogen) atoms. The molecule has 0 aromatic heterocycles. The number of quaternary nitrogens is 1. The van der Waals surface area contributed by atoms with Gasteiger partial charge in [0.2, 0.25) is 0 Å². The zero-order valence-corrected chi connectivity index (χ0v) is 55.6. The van der Waals surface area contributed by atoms with E-state index in [0.717, 1.165) is 64.2 Å². The van der Waals surface area contributed by atoms with E-state index in [2.05, 4.69) is 62.5 Å². The lowest BCUT2D eigenvalue weighted by atomic mass is 10.0. The van der Waals surface area contributed by atoms with Crippen molar-refractivity contribution in [2.45, 2.75) is 360 Å². The molecule has 2 unspecified atom stereocenters. The monoisotopic (exact) mass is 1170 g/mol. The highest BCUT2D eigenvalue weighted by Crippen LogP contribution is 2.19. The van der Waals surface area contributed by atoms with E-state index in [-0.39, 0.29) is 32.2 Å². The Labute approximate surface area is 514 Å². The number of nitrogens with zero attached hydrogens (tertiary/aromatic N) is 1. The smallest absolute Gasteiger partial charge is 0.306 e. The van der Waals surface area contributed by atoms with E-state index in [9.17, 15) is 19.5 Å². The van der Waals surface area contributed by atoms with E-state index in [1.807, 2.05) is 21.1 Å². The average Bonchev–Trinajstić information content (AvgIpc) is 3.46. The van der Waals surface area contributed by atoms with Crippen molar-refractivity contribution >= 4 is 17.9 Å². The zero-order valence-electron chi connectivity index (χ0n) is 55.6. The molecule has 9 nitrogen and oxygen atoms in total. The fourth-order valence-electron chi connectivity index (χ4n) is 10.7. The Morgan fingerprint density at radius 3 is 1.02 bits per heavy atom. The summed E-state index contributed by atoms with van der Waals surface area (Å²) >= 11 is 0. The molecule has 0 aromatic carbocycles. The molecule has 0 heterocycles. The Kier molecular flexibility index (Phi) is 63.1. The van der Waals surface area contributed by atoms with Gasteiger partial charge in [0, 0.05) is 12.8 Å². The van der Waals surface area contributed by atoms with Crippen LogP contribution in [0.5, 0.6) is 0 Å². The molecule has 0 saturated heterocycles. The van der Waals surface area contributed by atoms with E-state index in [1.54, 1.807) is 0 Å². The predicted molar refractivity (Wildman–Crippen MR) is 352 cm³/mol. The summed E-state index contributed by atoms with van der Waals surface area (Å²) in [6.07, 6.45) is 80.6. The largest absolute Gasteiger partial charge is 0.545 e. The molecule has 0 aromatic rings. The molecule has 0 aliphatic carbocycles. The molecular weight excluding hydrogens is 1030 g/mol. The summed E-state index contributed by atoms with van der Waals surface area (Å²) in [5.74, 6) is -2.25. The highest BCUT2D eigenvalue weighted by atomic mass is 16.7. The maximum absolute atomic E-state index is 12.9. The van der Waals surface area contributed by atoms with Crippen molar-refractivity contribution in [1.82, 2.24) is 0 Å². The van der Waals surface area contributed by atoms with Crippen LogP contribution in [0.3, 0.4) is 0 Å². The van der Waals surface area contributed by atoms with Crippen molar-refractivity contribution in [2.24, 2.45) is 0 Å². The van der Waals surface area contributed by atoms with E-state index in [1.165, 1.54) is 257 Å². The average molecular weight is 1170 g/mol. The van der Waals surface area contributed by atoms with Crippen LogP contribution in [0, 0.1) is 0 Å². The van der Waals surface area contributed by atoms with Crippen molar-refractivity contribution < 1.29 is 42.9 Å². The number of allylic oxidation sites excluding steroid dienone is 8. The fraction of sp³-hybridized carbons (Fsp3) is 0.851. The molecule has 2 atom stereocenters. The molecule has 0 bridgehead atoms. The minimum atomic E-state index is -1.62. The highest BCUT2D eigenvalue weighted by Gasteiger charge is 2.22. The van der Waals surface area contributed by atoms with Crippen molar-refractivity contribution in [3.05, 3.63) is 48.6 Å². The molecule has 0 radical (unpaired) electrons. The van der Waals surface area contributed by atoms with Crippen LogP contribution >= 0.6 is 0 Å². The maximum atomic E-state index is 12.9. The van der Waals surface area contributed by atoms with Gasteiger partial charge in [-0.3, -0.25) is 9.59 Å². The topological polar surface area (TPSA) is 111 Å². The van der Waals surface area contributed by atoms with Gasteiger partial charge >= 0.3 is 11.9 Å². The first-order valence-corrected chi connectivity index (χ1v) is 35.8. The van der Waals surface area contributed by atoms with Gasteiger partial charge in [0.05, 0.1) is 40.3 Å². The van der Waals surface area contributed by atoms with Crippen LogP contribution in [-0.2, 0) is 33.3 Å². The Hall–Kier alpha value is -2.75. The molecular formula is C74H137NO8. The van der Waals surface area contributed by atoms with Gasteiger partial charge in [0.1, 0.15) is 13.2 Å². The number of hydrogen-bond donors (Lipinski definition) is 0. The van der Waals surface area contributed by atoms with E-state index in [0.29, 0.717) is 17.4 Å². The molecule has 0 saturated carbocycles. The first kappa shape index (κ1) is 80.2. The normalized spacial score (nSPS) is 12.9. The lowest BCUT2D eigenvalue weighted by Crippen LogP contribution is -2.44. The molecule has 0 amide bonds. The molecule has 0 aliphatic rings. The number of carbonyl (C=O) groups excluding carboxylic acids is 3. The number of rotatable bonds is 67. The number of carbonyl (C=O) groups is 3. The lowest BCUT2D eigenvalue weighted by molar-refractivity contribution is -0.870. The minimum Gasteiger partial charge on any atom is -0.545 e. The molecule has 0 N–H and O–H groups in total. The number of likely N-dealkylation sites (N-methyl/N-ethyl adjacent to an activating group) is 1. The summed E-state index contributed by atoms with van der Waals surface area (Å²) in [4.78, 5) is 37.5. The molecule has 486 valence electrons. The van der Waals surface area contributed by atoms with Crippen molar-refractivity contribution in [3.63, 3.8) is 0 Å². The van der Waals surface area contributed by atoms with Gasteiger partial charge in [-0.1, -0.05) is 332 Å². The summed E-state index contributed by atoms with van der Waals surface area (Å²) < 4.78 is 22.8. The summed E-state index contributed by atoms with van der Waals surface area (Å²) in [5, 5.41) is 11.8. The van der Waals surface area contributed by atoms with Crippen LogP contribution < -0.4 is 5.11 Å². The number of esters is 2. The number of unbranched alkanes of at least 4 members (excludes halogenated alkanes) is 44. The van der Waals surface area contributed by atoms with Gasteiger partial charge in [-0.05, 0) is 51.4 Å². The summed E-state index contributed by atoms with van der Waals surface area (Å²) in [7, 11) is 5.94. The molecule has 0 rings (SSSR count). The number of carboxylic acids is 1. The third kappa shape index (κ3) is 66.6. The molecule has 9 heteroatoms. The van der Waals surface area contributed by atoms with Crippen LogP contribution in [-0.4, -0.2) is 82.3 Å². The summed E-state index contributed by atoms with van der Waals surface area (Å²) in [6.45, 7) is 4.71. The number of ether oxygens (including phenoxy) is 4. The van der Waals surface area contributed by atoms with Crippen LogP contribution in [0.4, 0.5) is 0 Å². The van der Waals surface area contributed by atoms with Crippen LogP contribution in [0.1, 0.15) is 348 Å². The van der Waals surface area contributed by atoms with Gasteiger partial charge in [-0.2, -0.15) is 0 Å². The zero-order chi connectivity index (χ0) is 60.5. The van der Waals surface area contributed by atoms with Gasteiger partial charge in [0.25, 0.3) is 0 Å². The Bertz CT molecular complexity index is 1500. The van der Waals surface area contributed by atoms with Crippen LogP contribution in [0.2, 0.25) is 0 Å². The van der Waals surface area contributed by atoms with Gasteiger partial charge in [-0.15, -0.1) is 0 Å². The van der Waals surface area contributed by atoms with E-state index in [4.69, 9.17) is 18.9 Å². The Morgan fingerprint density at radius 2 is 0.687 bits per heavy atom.